The lowest BCUT2D eigenvalue weighted by atomic mass is 9.92. The molecule has 142 valence electrons. The van der Waals surface area contributed by atoms with E-state index in [1.165, 1.54) is 10.9 Å². The number of benzene rings is 2. The molecule has 1 N–H and O–H groups in total. The smallest absolute Gasteiger partial charge is 0.265 e. The van der Waals surface area contributed by atoms with Gasteiger partial charge in [0.15, 0.2) is 0 Å². The van der Waals surface area contributed by atoms with Crippen LogP contribution in [0.25, 0.3) is 5.69 Å². The Kier molecular flexibility index (Phi) is 4.77. The summed E-state index contributed by atoms with van der Waals surface area (Å²) in [6.07, 6.45) is 1.37. The largest absolute Gasteiger partial charge is 0.276 e. The van der Waals surface area contributed by atoms with Gasteiger partial charge in [0.05, 0.1) is 23.3 Å². The first-order valence-electron chi connectivity index (χ1n) is 8.21. The van der Waals surface area contributed by atoms with Crippen molar-refractivity contribution in [2.45, 2.75) is 31.1 Å². The maximum Gasteiger partial charge on any atom is 0.265 e. The number of sulfonamides is 1. The summed E-state index contributed by atoms with van der Waals surface area (Å²) in [5.74, 6) is -1.61. The van der Waals surface area contributed by atoms with Gasteiger partial charge in [0.2, 0.25) is 0 Å². The van der Waals surface area contributed by atoms with Gasteiger partial charge in [0.25, 0.3) is 10.0 Å². The quantitative estimate of drug-likeness (QED) is 0.723. The third-order valence-corrected chi connectivity index (χ3v) is 5.24. The van der Waals surface area contributed by atoms with E-state index in [-0.39, 0.29) is 4.90 Å². The van der Waals surface area contributed by atoms with Crippen LogP contribution in [-0.2, 0) is 15.4 Å². The van der Waals surface area contributed by atoms with E-state index in [9.17, 15) is 17.2 Å². The van der Waals surface area contributed by atoms with Gasteiger partial charge in [0, 0.05) is 11.5 Å². The second kappa shape index (κ2) is 6.77. The van der Waals surface area contributed by atoms with Gasteiger partial charge >= 0.3 is 0 Å². The van der Waals surface area contributed by atoms with Crippen molar-refractivity contribution in [3.63, 3.8) is 0 Å². The number of aromatic nitrogens is 2. The van der Waals surface area contributed by atoms with Crippen LogP contribution >= 0.6 is 0 Å². The predicted molar refractivity (Wildman–Crippen MR) is 99.4 cm³/mol. The molecule has 8 heteroatoms. The first-order valence-corrected chi connectivity index (χ1v) is 9.70. The van der Waals surface area contributed by atoms with Crippen molar-refractivity contribution in [2.24, 2.45) is 0 Å². The molecule has 0 saturated carbocycles. The lowest BCUT2D eigenvalue weighted by Gasteiger charge is -2.18. The van der Waals surface area contributed by atoms with E-state index in [0.717, 1.165) is 18.2 Å². The first-order chi connectivity index (χ1) is 12.6. The first kappa shape index (κ1) is 19.0. The monoisotopic (exact) mass is 391 g/mol. The zero-order valence-electron chi connectivity index (χ0n) is 15.1. The van der Waals surface area contributed by atoms with Crippen molar-refractivity contribution in [1.29, 1.82) is 0 Å². The van der Waals surface area contributed by atoms with E-state index in [2.05, 4.69) is 9.82 Å². The Labute approximate surface area is 156 Å². The van der Waals surface area contributed by atoms with E-state index in [0.29, 0.717) is 11.4 Å². The lowest BCUT2D eigenvalue weighted by molar-refractivity contribution is 0.543. The number of nitrogens with zero attached hydrogens (tertiary/aromatic N) is 2. The highest BCUT2D eigenvalue weighted by molar-refractivity contribution is 7.92. The number of anilines is 1. The predicted octanol–water partition coefficient (Wildman–Crippen LogP) is 4.25. The van der Waals surface area contributed by atoms with Crippen LogP contribution in [0.15, 0.2) is 59.6 Å². The molecule has 0 radical (unpaired) electrons. The summed E-state index contributed by atoms with van der Waals surface area (Å²) in [6, 6.07) is 11.6. The van der Waals surface area contributed by atoms with Crippen molar-refractivity contribution < 1.29 is 17.2 Å². The zero-order valence-corrected chi connectivity index (χ0v) is 15.9. The van der Waals surface area contributed by atoms with E-state index < -0.39 is 32.8 Å². The summed E-state index contributed by atoms with van der Waals surface area (Å²) >= 11 is 0. The summed E-state index contributed by atoms with van der Waals surface area (Å²) < 4.78 is 56.7. The van der Waals surface area contributed by atoms with Crippen LogP contribution < -0.4 is 4.72 Å². The van der Waals surface area contributed by atoms with Crippen LogP contribution in [0.4, 0.5) is 14.5 Å². The Balaban J connectivity index is 2.11. The summed E-state index contributed by atoms with van der Waals surface area (Å²) in [7, 11) is -4.19. The molecule has 3 aromatic rings. The van der Waals surface area contributed by atoms with E-state index >= 15 is 0 Å². The Bertz CT molecular complexity index is 1070. The molecule has 0 saturated heterocycles. The summed E-state index contributed by atoms with van der Waals surface area (Å²) in [5.41, 5.74) is -0.0516. The highest BCUT2D eigenvalue weighted by atomic mass is 32.2. The topological polar surface area (TPSA) is 64.0 Å². The van der Waals surface area contributed by atoms with Crippen LogP contribution in [0.1, 0.15) is 26.5 Å². The van der Waals surface area contributed by atoms with Crippen LogP contribution in [0, 0.1) is 11.6 Å². The fourth-order valence-electron chi connectivity index (χ4n) is 2.56. The average Bonchev–Trinajstić information content (AvgIpc) is 3.05. The van der Waals surface area contributed by atoms with Crippen LogP contribution in [-0.4, -0.2) is 18.2 Å². The Morgan fingerprint density at radius 3 is 2.33 bits per heavy atom. The summed E-state index contributed by atoms with van der Waals surface area (Å²) in [6.45, 7) is 5.48. The Morgan fingerprint density at radius 1 is 1.04 bits per heavy atom. The molecule has 2 aromatic carbocycles. The standard InChI is InChI=1S/C19H19F2N3O2S/c1-19(2,3)18-17(12-24(22-18)14-7-5-4-6-8-14)27(25,26)23-16-11-13(20)9-10-15(16)21/h4-12,23H,1-3H3. The second-order valence-electron chi connectivity index (χ2n) is 7.10. The second-order valence-corrected chi connectivity index (χ2v) is 8.75. The molecule has 0 atom stereocenters. The van der Waals surface area contributed by atoms with E-state index in [4.69, 9.17) is 0 Å². The number of hydrogen-bond donors (Lipinski definition) is 1. The lowest BCUT2D eigenvalue weighted by Crippen LogP contribution is -2.20. The van der Waals surface area contributed by atoms with E-state index in [1.807, 2.05) is 39.0 Å². The SMILES string of the molecule is CC(C)(C)c1nn(-c2ccccc2)cc1S(=O)(=O)Nc1cc(F)ccc1F. The molecule has 3 rings (SSSR count). The highest BCUT2D eigenvalue weighted by Crippen LogP contribution is 2.30. The minimum absolute atomic E-state index is 0.0949. The molecule has 1 heterocycles. The molecule has 27 heavy (non-hydrogen) atoms. The molecule has 1 aromatic heterocycles. The fourth-order valence-corrected chi connectivity index (χ4v) is 3.96. The molecule has 5 nitrogen and oxygen atoms in total. The molecule has 0 spiro atoms. The number of para-hydroxylation sites is 1. The molecule has 0 fully saturated rings. The molecule has 0 aliphatic carbocycles. The summed E-state index contributed by atoms with van der Waals surface area (Å²) in [4.78, 5) is -0.0949. The van der Waals surface area contributed by atoms with Gasteiger partial charge in [-0.15, -0.1) is 0 Å². The van der Waals surface area contributed by atoms with Gasteiger partial charge in [-0.3, -0.25) is 4.72 Å². The maximum atomic E-state index is 13.9. The molecule has 0 bridgehead atoms. The van der Waals surface area contributed by atoms with Gasteiger partial charge in [-0.05, 0) is 24.3 Å². The van der Waals surface area contributed by atoms with Gasteiger partial charge < -0.3 is 0 Å². The number of halogens is 2. The van der Waals surface area contributed by atoms with Crippen molar-refractivity contribution in [2.75, 3.05) is 4.72 Å². The number of hydrogen-bond acceptors (Lipinski definition) is 3. The third-order valence-electron chi connectivity index (χ3n) is 3.87. The van der Waals surface area contributed by atoms with Gasteiger partial charge in [0.1, 0.15) is 16.5 Å². The van der Waals surface area contributed by atoms with Crippen LogP contribution in [0.3, 0.4) is 0 Å². The maximum absolute atomic E-state index is 13.9. The number of rotatable bonds is 4. The minimum atomic E-state index is -4.19. The fraction of sp³-hybridized carbons (Fsp3) is 0.211. The van der Waals surface area contributed by atoms with Crippen molar-refractivity contribution in [3.8, 4) is 5.69 Å². The average molecular weight is 391 g/mol. The summed E-state index contributed by atoms with van der Waals surface area (Å²) in [5, 5.41) is 4.43. The highest BCUT2D eigenvalue weighted by Gasteiger charge is 2.31. The normalized spacial score (nSPS) is 12.2. The minimum Gasteiger partial charge on any atom is -0.276 e. The van der Waals surface area contributed by atoms with Crippen molar-refractivity contribution >= 4 is 15.7 Å². The number of nitrogens with one attached hydrogen (secondary N) is 1. The van der Waals surface area contributed by atoms with Crippen molar-refractivity contribution in [1.82, 2.24) is 9.78 Å². The van der Waals surface area contributed by atoms with Gasteiger partial charge in [-0.2, -0.15) is 5.10 Å². The van der Waals surface area contributed by atoms with Gasteiger partial charge in [-0.1, -0.05) is 39.0 Å². The molecule has 0 unspecified atom stereocenters. The van der Waals surface area contributed by atoms with Gasteiger partial charge in [-0.25, -0.2) is 21.9 Å². The van der Waals surface area contributed by atoms with Crippen LogP contribution in [0.5, 0.6) is 0 Å². The third kappa shape index (κ3) is 4.00. The zero-order chi connectivity index (χ0) is 19.8. The Morgan fingerprint density at radius 2 is 1.70 bits per heavy atom. The molecule has 0 aliphatic heterocycles. The molecule has 0 amide bonds. The molecular weight excluding hydrogens is 372 g/mol. The Hall–Kier alpha value is -2.74. The van der Waals surface area contributed by atoms with Crippen molar-refractivity contribution in [3.05, 3.63) is 72.1 Å². The van der Waals surface area contributed by atoms with E-state index in [1.54, 1.807) is 12.1 Å². The molecule has 0 aliphatic rings. The van der Waals surface area contributed by atoms with Crippen LogP contribution in [0.2, 0.25) is 0 Å². The molecular formula is C19H19F2N3O2S.